The molecule has 0 atom stereocenters. The molecule has 0 aliphatic heterocycles. The van der Waals surface area contributed by atoms with Crippen LogP contribution in [0.25, 0.3) is 10.4 Å². The Kier molecular flexibility index (Phi) is 3.88. The van der Waals surface area contributed by atoms with Gasteiger partial charge in [-0.05, 0) is 29.7 Å². The van der Waals surface area contributed by atoms with Gasteiger partial charge in [0.25, 0.3) is 0 Å². The fourth-order valence-corrected chi connectivity index (χ4v) is 2.75. The van der Waals surface area contributed by atoms with Crippen LogP contribution in [-0.4, -0.2) is 4.98 Å². The number of aromatic nitrogens is 1. The number of ether oxygens (including phenoxy) is 1. The van der Waals surface area contributed by atoms with E-state index in [0.717, 1.165) is 27.3 Å². The molecule has 0 unspecified atom stereocenters. The molecule has 3 rings (SSSR count). The average molecular weight is 296 g/mol. The minimum Gasteiger partial charge on any atom is -0.489 e. The molecule has 3 nitrogen and oxygen atoms in total. The number of nitrogens with zero attached hydrogens (tertiary/aromatic N) is 1. The van der Waals surface area contributed by atoms with Crippen LogP contribution in [0.3, 0.4) is 0 Å². The number of aryl methyl sites for hydroxylation is 1. The zero-order chi connectivity index (χ0) is 14.7. The number of thiazole rings is 1. The summed E-state index contributed by atoms with van der Waals surface area (Å²) < 4.78 is 5.94. The highest BCUT2D eigenvalue weighted by Gasteiger charge is 2.07. The van der Waals surface area contributed by atoms with Crippen molar-refractivity contribution in [3.8, 4) is 16.2 Å². The lowest BCUT2D eigenvalue weighted by atomic mass is 10.1. The van der Waals surface area contributed by atoms with Gasteiger partial charge in [-0.25, -0.2) is 4.98 Å². The largest absolute Gasteiger partial charge is 0.489 e. The number of hydrogen-bond acceptors (Lipinski definition) is 4. The molecule has 21 heavy (non-hydrogen) atoms. The number of rotatable bonds is 4. The molecule has 0 radical (unpaired) electrons. The van der Waals surface area contributed by atoms with Gasteiger partial charge in [-0.1, -0.05) is 53.8 Å². The Hall–Kier alpha value is -2.33. The van der Waals surface area contributed by atoms with E-state index in [1.807, 2.05) is 31.2 Å². The van der Waals surface area contributed by atoms with Crippen LogP contribution >= 0.6 is 11.3 Å². The van der Waals surface area contributed by atoms with Gasteiger partial charge in [0.05, 0.1) is 4.88 Å². The summed E-state index contributed by atoms with van der Waals surface area (Å²) in [5.74, 6) is 0.892. The molecule has 0 saturated heterocycles. The fraction of sp³-hybridized carbons (Fsp3) is 0.118. The molecule has 0 spiro atoms. The van der Waals surface area contributed by atoms with Crippen LogP contribution in [0.2, 0.25) is 0 Å². The lowest BCUT2D eigenvalue weighted by Gasteiger charge is -2.10. The lowest BCUT2D eigenvalue weighted by Crippen LogP contribution is -1.96. The molecule has 0 aliphatic rings. The Balaban J connectivity index is 1.81. The molecule has 0 aliphatic carbocycles. The number of nitrogen functional groups attached to an aromatic ring is 1. The van der Waals surface area contributed by atoms with E-state index in [9.17, 15) is 0 Å². The summed E-state index contributed by atoms with van der Waals surface area (Å²) in [5.41, 5.74) is 9.05. The van der Waals surface area contributed by atoms with Crippen LogP contribution in [-0.2, 0) is 6.61 Å². The van der Waals surface area contributed by atoms with Crippen molar-refractivity contribution in [3.05, 3.63) is 65.9 Å². The molecule has 2 aromatic carbocycles. The van der Waals surface area contributed by atoms with Gasteiger partial charge in [0.15, 0.2) is 5.13 Å². The third-order valence-electron chi connectivity index (χ3n) is 3.23. The predicted molar refractivity (Wildman–Crippen MR) is 87.5 cm³/mol. The SMILES string of the molecule is Cc1ccc(-c2cnc(N)s2)cc1OCc1ccccc1. The molecule has 0 saturated carbocycles. The standard InChI is InChI=1S/C17H16N2OS/c1-12-7-8-14(16-10-19-17(18)21-16)9-15(12)20-11-13-5-3-2-4-6-13/h2-10H,11H2,1H3,(H2,18,19). The summed E-state index contributed by atoms with van der Waals surface area (Å²) in [6, 6.07) is 16.3. The highest BCUT2D eigenvalue weighted by atomic mass is 32.1. The van der Waals surface area contributed by atoms with Gasteiger partial charge in [0.1, 0.15) is 12.4 Å². The van der Waals surface area contributed by atoms with Crippen LogP contribution in [0.15, 0.2) is 54.7 Å². The zero-order valence-electron chi connectivity index (χ0n) is 11.7. The van der Waals surface area contributed by atoms with Crippen molar-refractivity contribution in [3.63, 3.8) is 0 Å². The molecule has 4 heteroatoms. The minimum absolute atomic E-state index is 0.565. The number of anilines is 1. The first-order valence-corrected chi connectivity index (χ1v) is 7.53. The molecular weight excluding hydrogens is 280 g/mol. The van der Waals surface area contributed by atoms with Gasteiger partial charge in [0.2, 0.25) is 0 Å². The van der Waals surface area contributed by atoms with Crippen LogP contribution in [0, 0.1) is 6.92 Å². The fourth-order valence-electron chi connectivity index (χ4n) is 2.07. The summed E-state index contributed by atoms with van der Waals surface area (Å²) in [5, 5.41) is 0.581. The van der Waals surface area contributed by atoms with Gasteiger partial charge >= 0.3 is 0 Å². The maximum atomic E-state index is 5.94. The van der Waals surface area contributed by atoms with Crippen molar-refractivity contribution in [2.75, 3.05) is 5.73 Å². The normalized spacial score (nSPS) is 10.5. The van der Waals surface area contributed by atoms with Crippen LogP contribution < -0.4 is 10.5 Å². The van der Waals surface area contributed by atoms with Gasteiger partial charge in [-0.15, -0.1) is 0 Å². The Labute approximate surface area is 128 Å². The topological polar surface area (TPSA) is 48.1 Å². The molecular formula is C17H16N2OS. The summed E-state index contributed by atoms with van der Waals surface area (Å²) in [4.78, 5) is 5.15. The Morgan fingerprint density at radius 3 is 2.67 bits per heavy atom. The van der Waals surface area contributed by atoms with Crippen LogP contribution in [0.5, 0.6) is 5.75 Å². The van der Waals surface area contributed by atoms with E-state index in [2.05, 4.69) is 29.2 Å². The molecule has 2 N–H and O–H groups in total. The second kappa shape index (κ2) is 5.97. The summed E-state index contributed by atoms with van der Waals surface area (Å²) >= 11 is 1.48. The monoisotopic (exact) mass is 296 g/mol. The average Bonchev–Trinajstić information content (AvgIpc) is 2.94. The molecule has 1 aromatic heterocycles. The van der Waals surface area contributed by atoms with E-state index in [-0.39, 0.29) is 0 Å². The summed E-state index contributed by atoms with van der Waals surface area (Å²) in [7, 11) is 0. The molecule has 106 valence electrons. The molecule has 0 amide bonds. The number of nitrogens with two attached hydrogens (primary N) is 1. The first kappa shape index (κ1) is 13.6. The van der Waals surface area contributed by atoms with E-state index in [4.69, 9.17) is 10.5 Å². The van der Waals surface area contributed by atoms with Crippen molar-refractivity contribution in [2.24, 2.45) is 0 Å². The van der Waals surface area contributed by atoms with Gasteiger partial charge in [0, 0.05) is 6.20 Å². The lowest BCUT2D eigenvalue weighted by molar-refractivity contribution is 0.304. The summed E-state index contributed by atoms with van der Waals surface area (Å²) in [6.45, 7) is 2.61. The third-order valence-corrected chi connectivity index (χ3v) is 4.11. The van der Waals surface area contributed by atoms with Crippen LogP contribution in [0.4, 0.5) is 5.13 Å². The van der Waals surface area contributed by atoms with Crippen molar-refractivity contribution in [1.29, 1.82) is 0 Å². The maximum absolute atomic E-state index is 5.94. The van der Waals surface area contributed by atoms with Crippen molar-refractivity contribution < 1.29 is 4.74 Å². The second-order valence-electron chi connectivity index (χ2n) is 4.82. The van der Waals surface area contributed by atoms with E-state index in [1.165, 1.54) is 11.3 Å². The van der Waals surface area contributed by atoms with Crippen molar-refractivity contribution in [2.45, 2.75) is 13.5 Å². The maximum Gasteiger partial charge on any atom is 0.180 e. The van der Waals surface area contributed by atoms with E-state index in [1.54, 1.807) is 6.20 Å². The summed E-state index contributed by atoms with van der Waals surface area (Å²) in [6.07, 6.45) is 1.80. The highest BCUT2D eigenvalue weighted by Crippen LogP contribution is 2.31. The Morgan fingerprint density at radius 2 is 1.95 bits per heavy atom. The smallest absolute Gasteiger partial charge is 0.180 e. The third kappa shape index (κ3) is 3.23. The van der Waals surface area contributed by atoms with Crippen LogP contribution in [0.1, 0.15) is 11.1 Å². The van der Waals surface area contributed by atoms with Gasteiger partial charge < -0.3 is 10.5 Å². The zero-order valence-corrected chi connectivity index (χ0v) is 12.6. The van der Waals surface area contributed by atoms with E-state index < -0.39 is 0 Å². The van der Waals surface area contributed by atoms with Gasteiger partial charge in [-0.2, -0.15) is 0 Å². The van der Waals surface area contributed by atoms with Crippen molar-refractivity contribution >= 4 is 16.5 Å². The molecule has 3 aromatic rings. The van der Waals surface area contributed by atoms with E-state index in [0.29, 0.717) is 11.7 Å². The number of hydrogen-bond donors (Lipinski definition) is 1. The first-order chi connectivity index (χ1) is 10.2. The highest BCUT2D eigenvalue weighted by molar-refractivity contribution is 7.18. The molecule has 1 heterocycles. The predicted octanol–water partition coefficient (Wildman–Crippen LogP) is 4.28. The second-order valence-corrected chi connectivity index (χ2v) is 5.88. The van der Waals surface area contributed by atoms with E-state index >= 15 is 0 Å². The first-order valence-electron chi connectivity index (χ1n) is 6.71. The minimum atomic E-state index is 0.565. The van der Waals surface area contributed by atoms with Gasteiger partial charge in [-0.3, -0.25) is 0 Å². The molecule has 0 fully saturated rings. The van der Waals surface area contributed by atoms with Crippen molar-refractivity contribution in [1.82, 2.24) is 4.98 Å². The quantitative estimate of drug-likeness (QED) is 0.781. The molecule has 0 bridgehead atoms. The Bertz CT molecular complexity index is 738. The number of benzene rings is 2. The Morgan fingerprint density at radius 1 is 1.14 bits per heavy atom.